The van der Waals surface area contributed by atoms with Crippen LogP contribution in [-0.4, -0.2) is 32.9 Å². The van der Waals surface area contributed by atoms with Gasteiger partial charge in [0.05, 0.1) is 18.9 Å². The lowest BCUT2D eigenvalue weighted by Gasteiger charge is -2.22. The molecule has 3 rings (SSSR count). The van der Waals surface area contributed by atoms with E-state index in [2.05, 4.69) is 10.3 Å². The number of carbonyl (C=O) groups is 1. The molecule has 1 aliphatic rings. The van der Waals surface area contributed by atoms with Gasteiger partial charge in [0.25, 0.3) is 0 Å². The predicted molar refractivity (Wildman–Crippen MR) is 108 cm³/mol. The maximum atomic E-state index is 12.3. The van der Waals surface area contributed by atoms with Crippen LogP contribution < -0.4 is 11.0 Å². The number of nitrogens with one attached hydrogen (secondary N) is 1. The predicted octanol–water partition coefficient (Wildman–Crippen LogP) is 3.15. The van der Waals surface area contributed by atoms with Crippen LogP contribution >= 0.6 is 35.0 Å². The summed E-state index contributed by atoms with van der Waals surface area (Å²) in [6, 6.07) is 4.82. The summed E-state index contributed by atoms with van der Waals surface area (Å²) in [4.78, 5) is 28.7. The fraction of sp³-hybridized carbons (Fsp3) is 0.389. The average molecular weight is 428 g/mol. The second-order valence-corrected chi connectivity index (χ2v) is 8.04. The third-order valence-corrected chi connectivity index (χ3v) is 5.71. The van der Waals surface area contributed by atoms with Crippen LogP contribution in [0, 0.1) is 0 Å². The van der Waals surface area contributed by atoms with Crippen molar-refractivity contribution in [3.63, 3.8) is 0 Å². The number of aromatic nitrogens is 2. The number of carbonyl (C=O) groups excluding carboxylic acids is 1. The Morgan fingerprint density at radius 1 is 1.22 bits per heavy atom. The smallest absolute Gasteiger partial charge is 0.348 e. The molecular weight excluding hydrogens is 409 g/mol. The highest BCUT2D eigenvalue weighted by Crippen LogP contribution is 2.29. The highest BCUT2D eigenvalue weighted by Gasteiger charge is 2.21. The number of fused-ring (bicyclic) bond motifs is 1. The van der Waals surface area contributed by atoms with Crippen LogP contribution in [0.4, 0.5) is 5.69 Å². The van der Waals surface area contributed by atoms with Gasteiger partial charge in [0.15, 0.2) is 0 Å². The molecular formula is C18H19Cl2N3O3S. The van der Waals surface area contributed by atoms with Crippen LogP contribution in [0.5, 0.6) is 0 Å². The molecule has 0 spiro atoms. The quantitative estimate of drug-likeness (QED) is 0.546. The van der Waals surface area contributed by atoms with E-state index in [0.717, 1.165) is 36.9 Å². The van der Waals surface area contributed by atoms with Crippen LogP contribution in [0.3, 0.4) is 0 Å². The largest absolute Gasteiger partial charge is 0.395 e. The molecule has 0 aliphatic heterocycles. The lowest BCUT2D eigenvalue weighted by Crippen LogP contribution is -2.31. The van der Waals surface area contributed by atoms with Gasteiger partial charge in [0.2, 0.25) is 5.91 Å². The van der Waals surface area contributed by atoms with E-state index in [4.69, 9.17) is 23.2 Å². The number of hydrogen-bond donors (Lipinski definition) is 2. The first-order valence-electron chi connectivity index (χ1n) is 8.60. The molecule has 1 amide bonds. The normalized spacial score (nSPS) is 13.3. The number of aliphatic hydroxyl groups is 1. The molecule has 27 heavy (non-hydrogen) atoms. The van der Waals surface area contributed by atoms with Gasteiger partial charge in [-0.05, 0) is 43.9 Å². The number of anilines is 1. The summed E-state index contributed by atoms with van der Waals surface area (Å²) in [5, 5.41) is 13.4. The molecule has 144 valence electrons. The molecule has 6 nitrogen and oxygen atoms in total. The van der Waals surface area contributed by atoms with E-state index in [1.165, 1.54) is 11.8 Å². The Bertz CT molecular complexity index is 897. The van der Waals surface area contributed by atoms with Gasteiger partial charge >= 0.3 is 5.69 Å². The van der Waals surface area contributed by atoms with E-state index in [1.807, 2.05) is 0 Å². The van der Waals surface area contributed by atoms with Gasteiger partial charge in [-0.15, -0.1) is 0 Å². The van der Waals surface area contributed by atoms with Gasteiger partial charge in [-0.25, -0.2) is 4.79 Å². The third-order valence-electron chi connectivity index (χ3n) is 4.26. The topological polar surface area (TPSA) is 84.2 Å². The lowest BCUT2D eigenvalue weighted by molar-refractivity contribution is -0.113. The standard InChI is InChI=1S/C18H19Cl2N3O3S/c19-11-7-12(20)9-13(8-11)21-16(25)10-27-17-14-3-1-2-4-15(14)23(5-6-24)18(26)22-17/h7-9,24H,1-6,10H2,(H,21,25). The molecule has 0 atom stereocenters. The molecule has 9 heteroatoms. The third kappa shape index (κ3) is 5.04. The first-order valence-corrected chi connectivity index (χ1v) is 10.3. The van der Waals surface area contributed by atoms with Crippen molar-refractivity contribution in [3.05, 3.63) is 50.0 Å². The van der Waals surface area contributed by atoms with E-state index >= 15 is 0 Å². The SMILES string of the molecule is O=C(CSc1nc(=O)n(CCO)c2c1CCCC2)Nc1cc(Cl)cc(Cl)c1. The van der Waals surface area contributed by atoms with Gasteiger partial charge in [0, 0.05) is 27.0 Å². The molecule has 2 aromatic rings. The summed E-state index contributed by atoms with van der Waals surface area (Å²) in [5.74, 6) is -0.114. The maximum absolute atomic E-state index is 12.3. The van der Waals surface area contributed by atoms with Crippen molar-refractivity contribution in [3.8, 4) is 0 Å². The molecule has 0 radical (unpaired) electrons. The van der Waals surface area contributed by atoms with Crippen molar-refractivity contribution in [2.24, 2.45) is 0 Å². The van der Waals surface area contributed by atoms with Crippen LogP contribution in [-0.2, 0) is 24.2 Å². The maximum Gasteiger partial charge on any atom is 0.348 e. The molecule has 1 heterocycles. The Morgan fingerprint density at radius 3 is 2.63 bits per heavy atom. The molecule has 2 N–H and O–H groups in total. The summed E-state index contributed by atoms with van der Waals surface area (Å²) in [6.45, 7) is 0.139. The molecule has 1 aliphatic carbocycles. The van der Waals surface area contributed by atoms with Gasteiger partial charge in [0.1, 0.15) is 5.03 Å². The fourth-order valence-corrected chi connectivity index (χ4v) is 4.56. The Kier molecular flexibility index (Phi) is 6.81. The summed E-state index contributed by atoms with van der Waals surface area (Å²) >= 11 is 13.1. The van der Waals surface area contributed by atoms with Gasteiger partial charge < -0.3 is 10.4 Å². The van der Waals surface area contributed by atoms with Crippen LogP contribution in [0.15, 0.2) is 28.0 Å². The van der Waals surface area contributed by atoms with Crippen molar-refractivity contribution in [2.45, 2.75) is 37.3 Å². The molecule has 1 aromatic heterocycles. The van der Waals surface area contributed by atoms with Crippen molar-refractivity contribution in [2.75, 3.05) is 17.7 Å². The average Bonchev–Trinajstić information content (AvgIpc) is 2.61. The van der Waals surface area contributed by atoms with Crippen LogP contribution in [0.1, 0.15) is 24.1 Å². The zero-order valence-electron chi connectivity index (χ0n) is 14.5. The van der Waals surface area contributed by atoms with Gasteiger partial charge in [-0.2, -0.15) is 4.98 Å². The van der Waals surface area contributed by atoms with Crippen molar-refractivity contribution in [1.82, 2.24) is 9.55 Å². The van der Waals surface area contributed by atoms with Gasteiger partial charge in [-0.3, -0.25) is 9.36 Å². The first kappa shape index (κ1) is 20.2. The Morgan fingerprint density at radius 2 is 1.93 bits per heavy atom. The highest BCUT2D eigenvalue weighted by molar-refractivity contribution is 8.00. The molecule has 0 saturated carbocycles. The summed E-state index contributed by atoms with van der Waals surface area (Å²) in [5.41, 5.74) is 2.08. The zero-order chi connectivity index (χ0) is 19.4. The van der Waals surface area contributed by atoms with Crippen molar-refractivity contribution in [1.29, 1.82) is 0 Å². The fourth-order valence-electron chi connectivity index (χ4n) is 3.15. The minimum atomic E-state index is -0.380. The molecule has 0 fully saturated rings. The van der Waals surface area contributed by atoms with E-state index in [1.54, 1.807) is 22.8 Å². The number of nitrogens with zero attached hydrogens (tertiary/aromatic N) is 2. The number of hydrogen-bond acceptors (Lipinski definition) is 5. The van der Waals surface area contributed by atoms with E-state index in [9.17, 15) is 14.7 Å². The molecule has 0 bridgehead atoms. The summed E-state index contributed by atoms with van der Waals surface area (Å²) < 4.78 is 1.55. The molecule has 0 unspecified atom stereocenters. The van der Waals surface area contributed by atoms with Crippen LogP contribution in [0.25, 0.3) is 0 Å². The number of aliphatic hydroxyl groups excluding tert-OH is 1. The number of halogens is 2. The van der Waals surface area contributed by atoms with Crippen LogP contribution in [0.2, 0.25) is 10.0 Å². The Hall–Kier alpha value is -1.54. The highest BCUT2D eigenvalue weighted by atomic mass is 35.5. The minimum absolute atomic E-state index is 0.106. The minimum Gasteiger partial charge on any atom is -0.395 e. The number of amides is 1. The lowest BCUT2D eigenvalue weighted by atomic mass is 9.97. The Labute approximate surface area is 170 Å². The Balaban J connectivity index is 1.74. The van der Waals surface area contributed by atoms with E-state index in [-0.39, 0.29) is 30.5 Å². The second kappa shape index (κ2) is 9.10. The molecule has 0 saturated heterocycles. The number of benzene rings is 1. The zero-order valence-corrected chi connectivity index (χ0v) is 16.8. The molecule has 1 aromatic carbocycles. The monoisotopic (exact) mass is 427 g/mol. The first-order chi connectivity index (χ1) is 13.0. The van der Waals surface area contributed by atoms with Crippen molar-refractivity contribution >= 4 is 46.6 Å². The van der Waals surface area contributed by atoms with E-state index < -0.39 is 0 Å². The summed E-state index contributed by atoms with van der Waals surface area (Å²) in [6.07, 6.45) is 3.63. The van der Waals surface area contributed by atoms with E-state index in [0.29, 0.717) is 20.8 Å². The number of rotatable bonds is 6. The number of thioether (sulfide) groups is 1. The summed E-state index contributed by atoms with van der Waals surface area (Å²) in [7, 11) is 0. The van der Waals surface area contributed by atoms with Gasteiger partial charge in [-0.1, -0.05) is 35.0 Å². The second-order valence-electron chi connectivity index (χ2n) is 6.20. The van der Waals surface area contributed by atoms with Crippen molar-refractivity contribution < 1.29 is 9.90 Å².